The molecule has 5 heteroatoms. The van der Waals surface area contributed by atoms with Gasteiger partial charge < -0.3 is 10.6 Å². The minimum atomic E-state index is -0.00617. The average Bonchev–Trinajstić information content (AvgIpc) is 2.49. The normalized spacial score (nSPS) is 10.4. The zero-order valence-corrected chi connectivity index (χ0v) is 14.8. The molecule has 0 bridgehead atoms. The van der Waals surface area contributed by atoms with Gasteiger partial charge in [-0.2, -0.15) is 0 Å². The number of benzene rings is 2. The topological polar surface area (TPSA) is 41.1 Å². The van der Waals surface area contributed by atoms with Gasteiger partial charge in [0.2, 0.25) is 5.91 Å². The van der Waals surface area contributed by atoms with Gasteiger partial charge in [-0.25, -0.2) is 0 Å². The van der Waals surface area contributed by atoms with Gasteiger partial charge in [0.15, 0.2) is 0 Å². The summed E-state index contributed by atoms with van der Waals surface area (Å²) in [4.78, 5) is 11.9. The van der Waals surface area contributed by atoms with Crippen molar-refractivity contribution in [1.82, 2.24) is 5.32 Å². The van der Waals surface area contributed by atoms with Crippen LogP contribution in [-0.4, -0.2) is 12.5 Å². The number of carbonyl (C=O) groups excluding carboxylic acids is 1. The van der Waals surface area contributed by atoms with Crippen molar-refractivity contribution in [2.24, 2.45) is 0 Å². The zero-order valence-electron chi connectivity index (χ0n) is 13.2. The van der Waals surface area contributed by atoms with Gasteiger partial charge in [-0.05, 0) is 48.7 Å². The van der Waals surface area contributed by atoms with Crippen molar-refractivity contribution in [3.05, 3.63) is 63.1 Å². The molecule has 0 heterocycles. The fourth-order valence-electron chi connectivity index (χ4n) is 2.33. The Morgan fingerprint density at radius 3 is 2.43 bits per heavy atom. The molecule has 23 heavy (non-hydrogen) atoms. The molecule has 2 aromatic rings. The molecule has 0 aromatic heterocycles. The van der Waals surface area contributed by atoms with Gasteiger partial charge in [0.25, 0.3) is 0 Å². The first kappa shape index (κ1) is 17.6. The van der Waals surface area contributed by atoms with Gasteiger partial charge in [-0.3, -0.25) is 4.79 Å². The van der Waals surface area contributed by atoms with Crippen LogP contribution in [0.5, 0.6) is 0 Å². The van der Waals surface area contributed by atoms with Crippen LogP contribution in [0.3, 0.4) is 0 Å². The maximum Gasteiger partial charge on any atom is 0.222 e. The summed E-state index contributed by atoms with van der Waals surface area (Å²) in [5.41, 5.74) is 4.12. The van der Waals surface area contributed by atoms with Crippen molar-refractivity contribution in [2.45, 2.75) is 26.8 Å². The van der Waals surface area contributed by atoms with Crippen molar-refractivity contribution in [2.75, 3.05) is 11.9 Å². The highest BCUT2D eigenvalue weighted by molar-refractivity contribution is 6.33. The number of rotatable bonds is 6. The largest absolute Gasteiger partial charge is 0.383 e. The van der Waals surface area contributed by atoms with Crippen molar-refractivity contribution >= 4 is 34.8 Å². The van der Waals surface area contributed by atoms with Crippen LogP contribution in [0.25, 0.3) is 0 Å². The summed E-state index contributed by atoms with van der Waals surface area (Å²) < 4.78 is 0. The summed E-state index contributed by atoms with van der Waals surface area (Å²) in [6, 6.07) is 11.4. The average molecular weight is 351 g/mol. The monoisotopic (exact) mass is 350 g/mol. The molecule has 0 spiro atoms. The molecule has 2 aromatic carbocycles. The van der Waals surface area contributed by atoms with Crippen molar-refractivity contribution < 1.29 is 4.79 Å². The predicted octanol–water partition coefficient (Wildman–Crippen LogP) is 4.73. The summed E-state index contributed by atoms with van der Waals surface area (Å²) in [5.74, 6) is -0.00617. The molecular weight excluding hydrogens is 331 g/mol. The lowest BCUT2D eigenvalue weighted by molar-refractivity contribution is -0.121. The zero-order chi connectivity index (χ0) is 16.8. The summed E-state index contributed by atoms with van der Waals surface area (Å²) in [6.45, 7) is 5.05. The molecule has 0 atom stereocenters. The Morgan fingerprint density at radius 2 is 1.78 bits per heavy atom. The van der Waals surface area contributed by atoms with Gasteiger partial charge in [-0.15, -0.1) is 0 Å². The molecule has 0 saturated heterocycles. The molecule has 1 amide bonds. The van der Waals surface area contributed by atoms with E-state index in [0.29, 0.717) is 29.6 Å². The van der Waals surface area contributed by atoms with Crippen LogP contribution in [0.2, 0.25) is 10.0 Å². The number of halogens is 2. The van der Waals surface area contributed by atoms with Crippen LogP contribution < -0.4 is 10.6 Å². The molecule has 0 fully saturated rings. The maximum absolute atomic E-state index is 11.9. The Morgan fingerprint density at radius 1 is 1.09 bits per heavy atom. The summed E-state index contributed by atoms with van der Waals surface area (Å²) >= 11 is 12.1. The molecule has 0 unspecified atom stereocenters. The second-order valence-corrected chi connectivity index (χ2v) is 6.36. The van der Waals surface area contributed by atoms with Gasteiger partial charge >= 0.3 is 0 Å². The summed E-state index contributed by atoms with van der Waals surface area (Å²) in [5, 5.41) is 7.50. The van der Waals surface area contributed by atoms with E-state index >= 15 is 0 Å². The quantitative estimate of drug-likeness (QED) is 0.790. The number of hydrogen-bond donors (Lipinski definition) is 2. The number of hydrogen-bond acceptors (Lipinski definition) is 2. The first-order valence-corrected chi connectivity index (χ1v) is 8.23. The second-order valence-electron chi connectivity index (χ2n) is 5.52. The number of carbonyl (C=O) groups is 1. The van der Waals surface area contributed by atoms with Crippen molar-refractivity contribution in [1.29, 1.82) is 0 Å². The SMILES string of the molecule is Cc1cc(C)c(NCCC(=O)NCc2ccc(Cl)cc2)c(Cl)c1. The van der Waals surface area contributed by atoms with Crippen LogP contribution in [0.15, 0.2) is 36.4 Å². The third-order valence-electron chi connectivity index (χ3n) is 3.49. The van der Waals surface area contributed by atoms with Crippen molar-refractivity contribution in [3.63, 3.8) is 0 Å². The smallest absolute Gasteiger partial charge is 0.222 e. The second kappa shape index (κ2) is 8.23. The highest BCUT2D eigenvalue weighted by Crippen LogP contribution is 2.27. The van der Waals surface area contributed by atoms with E-state index in [4.69, 9.17) is 23.2 Å². The van der Waals surface area contributed by atoms with E-state index in [-0.39, 0.29) is 5.91 Å². The molecule has 0 saturated carbocycles. The van der Waals surface area contributed by atoms with E-state index < -0.39 is 0 Å². The minimum absolute atomic E-state index is 0.00617. The minimum Gasteiger partial charge on any atom is -0.383 e. The summed E-state index contributed by atoms with van der Waals surface area (Å²) in [6.07, 6.45) is 0.386. The Bertz CT molecular complexity index is 661. The Hall–Kier alpha value is -1.71. The van der Waals surface area contributed by atoms with Crippen LogP contribution in [0, 0.1) is 13.8 Å². The highest BCUT2D eigenvalue weighted by atomic mass is 35.5. The number of amides is 1. The first-order valence-electron chi connectivity index (χ1n) is 7.47. The van der Waals surface area contributed by atoms with E-state index in [0.717, 1.165) is 22.4 Å². The number of anilines is 1. The van der Waals surface area contributed by atoms with E-state index in [1.165, 1.54) is 0 Å². The molecule has 0 radical (unpaired) electrons. The van der Waals surface area contributed by atoms with Crippen LogP contribution in [0.4, 0.5) is 5.69 Å². The first-order chi connectivity index (χ1) is 11.0. The Labute approximate surface area is 147 Å². The Balaban J connectivity index is 1.78. The third-order valence-corrected chi connectivity index (χ3v) is 4.04. The van der Waals surface area contributed by atoms with E-state index in [2.05, 4.69) is 16.7 Å². The number of nitrogens with one attached hydrogen (secondary N) is 2. The maximum atomic E-state index is 11.9. The highest BCUT2D eigenvalue weighted by Gasteiger charge is 2.06. The van der Waals surface area contributed by atoms with E-state index in [1.807, 2.05) is 44.2 Å². The lowest BCUT2D eigenvalue weighted by Crippen LogP contribution is -2.25. The third kappa shape index (κ3) is 5.45. The van der Waals surface area contributed by atoms with Gasteiger partial charge in [-0.1, -0.05) is 41.4 Å². The molecule has 2 N–H and O–H groups in total. The van der Waals surface area contributed by atoms with E-state index in [1.54, 1.807) is 0 Å². The van der Waals surface area contributed by atoms with Gasteiger partial charge in [0.05, 0.1) is 10.7 Å². The van der Waals surface area contributed by atoms with Crippen molar-refractivity contribution in [3.8, 4) is 0 Å². The fraction of sp³-hybridized carbons (Fsp3) is 0.278. The van der Waals surface area contributed by atoms with Crippen LogP contribution in [0.1, 0.15) is 23.1 Å². The number of aryl methyl sites for hydroxylation is 2. The lowest BCUT2D eigenvalue weighted by Gasteiger charge is -2.12. The van der Waals surface area contributed by atoms with Crippen LogP contribution >= 0.6 is 23.2 Å². The van der Waals surface area contributed by atoms with Gasteiger partial charge in [0, 0.05) is 24.5 Å². The van der Waals surface area contributed by atoms with Gasteiger partial charge in [0.1, 0.15) is 0 Å². The molecule has 0 aliphatic heterocycles. The standard InChI is InChI=1S/C18H20Cl2N2O/c1-12-9-13(2)18(16(20)10-12)21-8-7-17(23)22-11-14-3-5-15(19)6-4-14/h3-6,9-10,21H,7-8,11H2,1-2H3,(H,22,23). The molecule has 2 rings (SSSR count). The Kier molecular flexibility index (Phi) is 6.31. The van der Waals surface area contributed by atoms with E-state index in [9.17, 15) is 4.79 Å². The fourth-order valence-corrected chi connectivity index (χ4v) is 2.85. The molecule has 122 valence electrons. The predicted molar refractivity (Wildman–Crippen MR) is 97.3 cm³/mol. The molecule has 3 nitrogen and oxygen atoms in total. The molecule has 0 aliphatic carbocycles. The van der Waals surface area contributed by atoms with Crippen LogP contribution in [-0.2, 0) is 11.3 Å². The summed E-state index contributed by atoms with van der Waals surface area (Å²) in [7, 11) is 0. The molecule has 0 aliphatic rings. The lowest BCUT2D eigenvalue weighted by atomic mass is 10.1. The molecular formula is C18H20Cl2N2O.